The number of phenolic OH excluding ortho intramolecular Hbond substituents is 1. The lowest BCUT2D eigenvalue weighted by Gasteiger charge is -1.99. The standard InChI is InChI=1S/C6H4BrFOS/c7-3-1-2-4(10)6(9)5(3)8/h1-2,9-10H. The Kier molecular flexibility index (Phi) is 2.21. The van der Waals surface area contributed by atoms with E-state index in [4.69, 9.17) is 5.11 Å². The zero-order valence-corrected chi connectivity index (χ0v) is 7.29. The number of thiol groups is 1. The van der Waals surface area contributed by atoms with Crippen molar-refractivity contribution in [3.63, 3.8) is 0 Å². The zero-order valence-electron chi connectivity index (χ0n) is 4.81. The SMILES string of the molecule is Oc1c(S)ccc(Br)c1F. The van der Waals surface area contributed by atoms with E-state index in [2.05, 4.69) is 28.6 Å². The van der Waals surface area contributed by atoms with E-state index in [-0.39, 0.29) is 9.37 Å². The van der Waals surface area contributed by atoms with E-state index < -0.39 is 11.6 Å². The van der Waals surface area contributed by atoms with Gasteiger partial charge in [0.25, 0.3) is 0 Å². The summed E-state index contributed by atoms with van der Waals surface area (Å²) < 4.78 is 12.9. The molecular weight excluding hydrogens is 219 g/mol. The monoisotopic (exact) mass is 222 g/mol. The van der Waals surface area contributed by atoms with Crippen molar-refractivity contribution < 1.29 is 9.50 Å². The number of rotatable bonds is 0. The number of halogens is 2. The molecule has 0 aliphatic carbocycles. The Morgan fingerprint density at radius 3 is 2.60 bits per heavy atom. The maximum absolute atomic E-state index is 12.6. The van der Waals surface area contributed by atoms with Gasteiger partial charge in [-0.15, -0.1) is 12.6 Å². The van der Waals surface area contributed by atoms with Crippen LogP contribution in [0.4, 0.5) is 4.39 Å². The van der Waals surface area contributed by atoms with Gasteiger partial charge in [-0.3, -0.25) is 0 Å². The second-order valence-electron chi connectivity index (χ2n) is 1.73. The van der Waals surface area contributed by atoms with Gasteiger partial charge in [0, 0.05) is 4.90 Å². The third-order valence-corrected chi connectivity index (χ3v) is 2.02. The normalized spacial score (nSPS) is 9.90. The van der Waals surface area contributed by atoms with Gasteiger partial charge in [-0.1, -0.05) is 0 Å². The van der Waals surface area contributed by atoms with Gasteiger partial charge >= 0.3 is 0 Å². The summed E-state index contributed by atoms with van der Waals surface area (Å²) >= 11 is 6.72. The molecule has 1 nitrogen and oxygen atoms in total. The van der Waals surface area contributed by atoms with Gasteiger partial charge in [0.1, 0.15) is 0 Å². The molecule has 0 spiro atoms. The molecule has 10 heavy (non-hydrogen) atoms. The summed E-state index contributed by atoms with van der Waals surface area (Å²) in [5.41, 5.74) is 0. The smallest absolute Gasteiger partial charge is 0.180 e. The zero-order chi connectivity index (χ0) is 7.72. The van der Waals surface area contributed by atoms with Crippen molar-refractivity contribution in [3.8, 4) is 5.75 Å². The maximum Gasteiger partial charge on any atom is 0.180 e. The molecular formula is C6H4BrFOS. The molecule has 0 aliphatic rings. The summed E-state index contributed by atoms with van der Waals surface area (Å²) in [6.45, 7) is 0. The minimum absolute atomic E-state index is 0.237. The van der Waals surface area contributed by atoms with Crippen molar-refractivity contribution in [3.05, 3.63) is 22.4 Å². The molecule has 1 aromatic rings. The fourth-order valence-corrected chi connectivity index (χ4v) is 1.02. The van der Waals surface area contributed by atoms with Crippen LogP contribution >= 0.6 is 28.6 Å². The molecule has 1 rings (SSSR count). The topological polar surface area (TPSA) is 20.2 Å². The van der Waals surface area contributed by atoms with Gasteiger partial charge < -0.3 is 5.11 Å². The first-order chi connectivity index (χ1) is 4.63. The minimum Gasteiger partial charge on any atom is -0.504 e. The third kappa shape index (κ3) is 1.27. The number of phenols is 1. The lowest BCUT2D eigenvalue weighted by atomic mass is 10.3. The quantitative estimate of drug-likeness (QED) is 0.647. The summed E-state index contributed by atoms with van der Waals surface area (Å²) in [5, 5.41) is 8.91. The number of benzene rings is 1. The molecule has 1 N–H and O–H groups in total. The average molecular weight is 223 g/mol. The summed E-state index contributed by atoms with van der Waals surface area (Å²) in [7, 11) is 0. The molecule has 0 amide bonds. The molecule has 0 unspecified atom stereocenters. The summed E-state index contributed by atoms with van der Waals surface area (Å²) in [5.74, 6) is -1.09. The van der Waals surface area contributed by atoms with Crippen molar-refractivity contribution >= 4 is 28.6 Å². The fourth-order valence-electron chi connectivity index (χ4n) is 0.530. The highest BCUT2D eigenvalue weighted by Crippen LogP contribution is 2.29. The highest BCUT2D eigenvalue weighted by Gasteiger charge is 2.06. The van der Waals surface area contributed by atoms with Gasteiger partial charge in [-0.2, -0.15) is 0 Å². The van der Waals surface area contributed by atoms with Crippen molar-refractivity contribution in [1.29, 1.82) is 0 Å². The Bertz CT molecular complexity index is 237. The highest BCUT2D eigenvalue weighted by atomic mass is 79.9. The molecule has 0 bridgehead atoms. The molecule has 0 saturated carbocycles. The van der Waals surface area contributed by atoms with E-state index in [1.165, 1.54) is 12.1 Å². The molecule has 1 aromatic carbocycles. The average Bonchev–Trinajstić information content (AvgIpc) is 1.93. The van der Waals surface area contributed by atoms with Crippen LogP contribution in [0.25, 0.3) is 0 Å². The van der Waals surface area contributed by atoms with E-state index in [0.29, 0.717) is 0 Å². The molecule has 54 valence electrons. The highest BCUT2D eigenvalue weighted by molar-refractivity contribution is 9.10. The number of hydrogen-bond donors (Lipinski definition) is 2. The molecule has 0 atom stereocenters. The van der Waals surface area contributed by atoms with Crippen molar-refractivity contribution in [2.24, 2.45) is 0 Å². The first-order valence-electron chi connectivity index (χ1n) is 2.49. The van der Waals surface area contributed by atoms with Gasteiger partial charge in [-0.25, -0.2) is 4.39 Å². The summed E-state index contributed by atoms with van der Waals surface area (Å²) in [6.07, 6.45) is 0. The number of hydrogen-bond acceptors (Lipinski definition) is 2. The van der Waals surface area contributed by atoms with Crippen LogP contribution in [0.1, 0.15) is 0 Å². The Balaban J connectivity index is 3.34. The van der Waals surface area contributed by atoms with Crippen molar-refractivity contribution in [2.45, 2.75) is 4.90 Å². The second-order valence-corrected chi connectivity index (χ2v) is 3.07. The van der Waals surface area contributed by atoms with Crippen LogP contribution in [-0.4, -0.2) is 5.11 Å². The Morgan fingerprint density at radius 1 is 1.50 bits per heavy atom. The number of aromatic hydroxyl groups is 1. The van der Waals surface area contributed by atoms with Crippen LogP contribution in [0.5, 0.6) is 5.75 Å². The van der Waals surface area contributed by atoms with E-state index >= 15 is 0 Å². The van der Waals surface area contributed by atoms with Crippen molar-refractivity contribution in [1.82, 2.24) is 0 Å². The molecule has 0 fully saturated rings. The van der Waals surface area contributed by atoms with Crippen LogP contribution in [0.3, 0.4) is 0 Å². The van der Waals surface area contributed by atoms with Gasteiger partial charge in [0.2, 0.25) is 0 Å². The lowest BCUT2D eigenvalue weighted by Crippen LogP contribution is -1.79. The molecule has 0 saturated heterocycles. The molecule has 0 aromatic heterocycles. The molecule has 0 aliphatic heterocycles. The second kappa shape index (κ2) is 2.80. The summed E-state index contributed by atoms with van der Waals surface area (Å²) in [4.78, 5) is 0.237. The Morgan fingerprint density at radius 2 is 2.10 bits per heavy atom. The van der Waals surface area contributed by atoms with Crippen molar-refractivity contribution in [2.75, 3.05) is 0 Å². The summed E-state index contributed by atoms with van der Waals surface area (Å²) in [6, 6.07) is 2.99. The van der Waals surface area contributed by atoms with Gasteiger partial charge in [0.15, 0.2) is 11.6 Å². The fraction of sp³-hybridized carbons (Fsp3) is 0. The minimum atomic E-state index is -0.674. The first kappa shape index (κ1) is 7.88. The van der Waals surface area contributed by atoms with Crippen LogP contribution in [0.2, 0.25) is 0 Å². The molecule has 4 heteroatoms. The Hall–Kier alpha value is -0.220. The van der Waals surface area contributed by atoms with E-state index in [9.17, 15) is 4.39 Å². The van der Waals surface area contributed by atoms with Crippen LogP contribution in [0.15, 0.2) is 21.5 Å². The lowest BCUT2D eigenvalue weighted by molar-refractivity contribution is 0.418. The van der Waals surface area contributed by atoms with Gasteiger partial charge in [0.05, 0.1) is 4.47 Å². The predicted octanol–water partition coefficient (Wildman–Crippen LogP) is 2.58. The molecule has 0 radical (unpaired) electrons. The van der Waals surface area contributed by atoms with Crippen LogP contribution in [-0.2, 0) is 0 Å². The third-order valence-electron chi connectivity index (χ3n) is 1.05. The van der Waals surface area contributed by atoms with Crippen LogP contribution in [0, 0.1) is 5.82 Å². The maximum atomic E-state index is 12.6. The molecule has 0 heterocycles. The van der Waals surface area contributed by atoms with E-state index in [1.54, 1.807) is 0 Å². The van der Waals surface area contributed by atoms with E-state index in [1.807, 2.05) is 0 Å². The van der Waals surface area contributed by atoms with E-state index in [0.717, 1.165) is 0 Å². The largest absolute Gasteiger partial charge is 0.504 e. The van der Waals surface area contributed by atoms with Gasteiger partial charge in [-0.05, 0) is 28.1 Å². The predicted molar refractivity (Wildman–Crippen MR) is 43.0 cm³/mol. The van der Waals surface area contributed by atoms with Crippen LogP contribution < -0.4 is 0 Å². The Labute approximate surface area is 71.4 Å². The first-order valence-corrected chi connectivity index (χ1v) is 3.73.